The second-order valence-corrected chi connectivity index (χ2v) is 5.40. The van der Waals surface area contributed by atoms with Gasteiger partial charge in [0.1, 0.15) is 29.8 Å². The molecule has 1 aromatic heterocycles. The third kappa shape index (κ3) is 1.34. The summed E-state index contributed by atoms with van der Waals surface area (Å²) < 4.78 is 28.4. The van der Waals surface area contributed by atoms with Gasteiger partial charge in [-0.05, 0) is 20.8 Å². The molecule has 3 aliphatic rings. The number of rotatable bonds is 0. The molecule has 6 nitrogen and oxygen atoms in total. The Morgan fingerprint density at radius 1 is 1.22 bits per heavy atom. The smallest absolute Gasteiger partial charge is 0.190 e. The maximum absolute atomic E-state index is 5.87. The van der Waals surface area contributed by atoms with Gasteiger partial charge in [0.05, 0.1) is 6.61 Å². The Hall–Kier alpha value is -0.950. The molecule has 6 heteroatoms. The highest BCUT2D eigenvalue weighted by Crippen LogP contribution is 2.47. The van der Waals surface area contributed by atoms with Crippen molar-refractivity contribution in [3.05, 3.63) is 17.0 Å². The first-order valence-corrected chi connectivity index (χ1v) is 6.13. The lowest BCUT2D eigenvalue weighted by Gasteiger charge is -2.28. The number of ether oxygens (including phenoxy) is 4. The summed E-state index contributed by atoms with van der Waals surface area (Å²) in [7, 11) is 0. The van der Waals surface area contributed by atoms with Gasteiger partial charge in [0.25, 0.3) is 0 Å². The van der Waals surface area contributed by atoms with Crippen molar-refractivity contribution in [2.75, 3.05) is 0 Å². The number of aryl methyl sites for hydroxylation is 1. The van der Waals surface area contributed by atoms with E-state index in [4.69, 9.17) is 23.5 Å². The van der Waals surface area contributed by atoms with E-state index in [0.29, 0.717) is 6.61 Å². The second kappa shape index (κ2) is 3.33. The Kier molecular flexibility index (Phi) is 2.02. The van der Waals surface area contributed by atoms with Gasteiger partial charge >= 0.3 is 0 Å². The Balaban J connectivity index is 1.68. The van der Waals surface area contributed by atoms with Gasteiger partial charge in [-0.2, -0.15) is 0 Å². The molecule has 4 heterocycles. The van der Waals surface area contributed by atoms with Crippen LogP contribution in [0.15, 0.2) is 4.52 Å². The average molecular weight is 253 g/mol. The van der Waals surface area contributed by atoms with Crippen LogP contribution < -0.4 is 0 Å². The lowest BCUT2D eigenvalue weighted by molar-refractivity contribution is -0.223. The third-order valence-corrected chi connectivity index (χ3v) is 3.70. The number of hydrogen-bond donors (Lipinski definition) is 0. The lowest BCUT2D eigenvalue weighted by Crippen LogP contribution is -2.36. The van der Waals surface area contributed by atoms with Crippen LogP contribution >= 0.6 is 0 Å². The fraction of sp³-hybridized carbons (Fsp3) is 0.750. The van der Waals surface area contributed by atoms with E-state index in [0.717, 1.165) is 17.0 Å². The Morgan fingerprint density at radius 3 is 2.89 bits per heavy atom. The van der Waals surface area contributed by atoms with E-state index in [2.05, 4.69) is 5.16 Å². The van der Waals surface area contributed by atoms with Crippen LogP contribution in [0.25, 0.3) is 0 Å². The molecule has 0 unspecified atom stereocenters. The van der Waals surface area contributed by atoms with Crippen LogP contribution in [-0.2, 0) is 25.6 Å². The summed E-state index contributed by atoms with van der Waals surface area (Å²) in [6.45, 7) is 6.11. The fourth-order valence-corrected chi connectivity index (χ4v) is 2.87. The van der Waals surface area contributed by atoms with E-state index in [1.165, 1.54) is 0 Å². The summed E-state index contributed by atoms with van der Waals surface area (Å²) in [5.41, 5.74) is 1.80. The van der Waals surface area contributed by atoms with E-state index in [9.17, 15) is 0 Å². The average Bonchev–Trinajstić information content (AvgIpc) is 2.89. The first-order chi connectivity index (χ1) is 8.55. The molecule has 0 amide bonds. The van der Waals surface area contributed by atoms with E-state index >= 15 is 0 Å². The molecule has 0 N–H and O–H groups in total. The third-order valence-electron chi connectivity index (χ3n) is 3.70. The number of fused-ring (bicyclic) bond motifs is 5. The number of hydrogen-bond acceptors (Lipinski definition) is 6. The molecule has 18 heavy (non-hydrogen) atoms. The molecule has 0 aliphatic carbocycles. The van der Waals surface area contributed by atoms with Crippen molar-refractivity contribution in [1.29, 1.82) is 0 Å². The summed E-state index contributed by atoms with van der Waals surface area (Å²) >= 11 is 0. The Bertz CT molecular complexity index is 497. The molecule has 4 atom stereocenters. The van der Waals surface area contributed by atoms with Crippen LogP contribution in [0.5, 0.6) is 0 Å². The van der Waals surface area contributed by atoms with Gasteiger partial charge in [0.2, 0.25) is 0 Å². The van der Waals surface area contributed by atoms with Crippen LogP contribution in [0.2, 0.25) is 0 Å². The van der Waals surface area contributed by atoms with Crippen molar-refractivity contribution in [1.82, 2.24) is 5.16 Å². The van der Waals surface area contributed by atoms with Crippen molar-refractivity contribution in [3.63, 3.8) is 0 Å². The van der Waals surface area contributed by atoms with E-state index in [1.807, 2.05) is 20.8 Å². The van der Waals surface area contributed by atoms with Crippen molar-refractivity contribution < 1.29 is 23.5 Å². The summed E-state index contributed by atoms with van der Waals surface area (Å²) in [6, 6.07) is 0. The zero-order valence-corrected chi connectivity index (χ0v) is 10.5. The minimum Gasteiger partial charge on any atom is -0.367 e. The second-order valence-electron chi connectivity index (χ2n) is 5.40. The SMILES string of the molecule is Cc1onc2c1CO[C@@H]1[C@H]3OC(C)(C)O[C@H]3O[C@H]21. The predicted octanol–water partition coefficient (Wildman–Crippen LogP) is 1.43. The summed E-state index contributed by atoms with van der Waals surface area (Å²) in [4.78, 5) is 0. The Labute approximate surface area is 104 Å². The molecule has 0 aromatic carbocycles. The van der Waals surface area contributed by atoms with Crippen molar-refractivity contribution >= 4 is 0 Å². The summed E-state index contributed by atoms with van der Waals surface area (Å²) in [5, 5.41) is 4.07. The van der Waals surface area contributed by atoms with Gasteiger partial charge in [-0.3, -0.25) is 0 Å². The minimum atomic E-state index is -0.621. The molecule has 2 saturated heterocycles. The van der Waals surface area contributed by atoms with Crippen LogP contribution in [0.1, 0.15) is 37.0 Å². The largest absolute Gasteiger partial charge is 0.367 e. The van der Waals surface area contributed by atoms with Crippen LogP contribution in [-0.4, -0.2) is 29.4 Å². The first-order valence-electron chi connectivity index (χ1n) is 6.13. The fourth-order valence-electron chi connectivity index (χ4n) is 2.87. The topological polar surface area (TPSA) is 63.0 Å². The zero-order valence-electron chi connectivity index (χ0n) is 10.5. The highest BCUT2D eigenvalue weighted by Gasteiger charge is 2.58. The van der Waals surface area contributed by atoms with E-state index in [1.54, 1.807) is 0 Å². The quantitative estimate of drug-likeness (QED) is 0.697. The van der Waals surface area contributed by atoms with Gasteiger partial charge in [0, 0.05) is 5.56 Å². The molecule has 0 saturated carbocycles. The predicted molar refractivity (Wildman–Crippen MR) is 57.5 cm³/mol. The van der Waals surface area contributed by atoms with Gasteiger partial charge in [-0.15, -0.1) is 0 Å². The van der Waals surface area contributed by atoms with Crippen molar-refractivity contribution in [3.8, 4) is 0 Å². The highest BCUT2D eigenvalue weighted by molar-refractivity contribution is 5.27. The van der Waals surface area contributed by atoms with Gasteiger partial charge in [-0.25, -0.2) is 0 Å². The zero-order chi connectivity index (χ0) is 12.5. The Morgan fingerprint density at radius 2 is 2.06 bits per heavy atom. The van der Waals surface area contributed by atoms with Crippen LogP contribution in [0.3, 0.4) is 0 Å². The maximum Gasteiger partial charge on any atom is 0.190 e. The van der Waals surface area contributed by atoms with Crippen molar-refractivity contribution in [2.45, 2.75) is 57.8 Å². The number of nitrogens with zero attached hydrogens (tertiary/aromatic N) is 1. The molecule has 2 fully saturated rings. The molecule has 3 aliphatic heterocycles. The molecule has 4 rings (SSSR count). The first kappa shape index (κ1) is 10.9. The monoisotopic (exact) mass is 253 g/mol. The lowest BCUT2D eigenvalue weighted by atomic mass is 10.0. The van der Waals surface area contributed by atoms with Gasteiger partial charge in [-0.1, -0.05) is 5.16 Å². The number of aromatic nitrogens is 1. The van der Waals surface area contributed by atoms with Crippen LogP contribution in [0.4, 0.5) is 0 Å². The molecule has 0 spiro atoms. The molecule has 0 radical (unpaired) electrons. The summed E-state index contributed by atoms with van der Waals surface area (Å²) in [6.07, 6.45) is -1.01. The maximum atomic E-state index is 5.87. The normalized spacial score (nSPS) is 40.4. The molecular formula is C12H15NO5. The molecular weight excluding hydrogens is 238 g/mol. The highest BCUT2D eigenvalue weighted by atomic mass is 16.8. The molecule has 0 bridgehead atoms. The van der Waals surface area contributed by atoms with Gasteiger partial charge < -0.3 is 23.5 Å². The molecule has 1 aromatic rings. The van der Waals surface area contributed by atoms with E-state index in [-0.39, 0.29) is 18.3 Å². The van der Waals surface area contributed by atoms with Gasteiger partial charge in [0.15, 0.2) is 12.1 Å². The van der Waals surface area contributed by atoms with E-state index < -0.39 is 12.1 Å². The standard InChI is InChI=1S/C12H15NO5/c1-5-6-4-14-9-8(7(6)13-18-5)15-11-10(9)16-12(2,3)17-11/h8-11H,4H2,1-3H3/t8-,9+,10-,11-/m1/s1. The summed E-state index contributed by atoms with van der Waals surface area (Å²) in [5.74, 6) is 0.162. The van der Waals surface area contributed by atoms with Crippen molar-refractivity contribution in [2.24, 2.45) is 0 Å². The minimum absolute atomic E-state index is 0.172. The van der Waals surface area contributed by atoms with Crippen LogP contribution in [0, 0.1) is 6.92 Å². The molecule has 98 valence electrons.